The third-order valence-corrected chi connectivity index (χ3v) is 8.67. The Labute approximate surface area is 254 Å². The Morgan fingerprint density at radius 2 is 1.66 bits per heavy atom. The summed E-state index contributed by atoms with van der Waals surface area (Å²) in [5, 5.41) is 0. The molecule has 0 N–H and O–H groups in total. The number of fused-ring (bicyclic) bond motifs is 1. The molecular weight excluding hydrogens is 566 g/mol. The van der Waals surface area contributed by atoms with E-state index < -0.39 is 17.0 Å². The van der Waals surface area contributed by atoms with Crippen LogP contribution in [0, 0.1) is 11.6 Å². The number of rotatable bonds is 8. The van der Waals surface area contributed by atoms with Crippen LogP contribution in [-0.2, 0) is 29.7 Å². The first-order valence-corrected chi connectivity index (χ1v) is 14.3. The summed E-state index contributed by atoms with van der Waals surface area (Å²) in [4.78, 5) is 39.1. The van der Waals surface area contributed by atoms with Crippen molar-refractivity contribution in [3.63, 3.8) is 0 Å². The van der Waals surface area contributed by atoms with Gasteiger partial charge in [-0.15, -0.1) is 0 Å². The van der Waals surface area contributed by atoms with Crippen LogP contribution in [-0.4, -0.2) is 59.4 Å². The number of hydrogen-bond acceptors (Lipinski definition) is 6. The van der Waals surface area contributed by atoms with Gasteiger partial charge in [-0.1, -0.05) is 30.3 Å². The van der Waals surface area contributed by atoms with Crippen LogP contribution in [0.15, 0.2) is 60.7 Å². The first-order chi connectivity index (χ1) is 21.1. The largest absolute Gasteiger partial charge is 0.497 e. The second-order valence-electron chi connectivity index (χ2n) is 11.4. The molecule has 3 aromatic carbocycles. The standard InChI is InChI=1S/C34H32F2N4O4/c1-34(14-15-39(2)33(34)42)22-11-8-20(9-12-22)16-26-30-27(38-31(37-26)29-24(35)6-5-7-25(29)36)19-40(32(30)41)18-21-10-13-23(43-3)17-28(21)44-4/h5-13,17H,14-16,18-19H2,1-4H3/t34-/m1/s1. The highest BCUT2D eigenvalue weighted by atomic mass is 19.1. The van der Waals surface area contributed by atoms with Crippen LogP contribution in [0.2, 0.25) is 0 Å². The van der Waals surface area contributed by atoms with Gasteiger partial charge in [0.15, 0.2) is 5.82 Å². The zero-order chi connectivity index (χ0) is 31.2. The highest BCUT2D eigenvalue weighted by molar-refractivity contribution is 5.99. The topological polar surface area (TPSA) is 84.9 Å². The Kier molecular flexibility index (Phi) is 7.53. The minimum absolute atomic E-state index is 0.0783. The molecule has 4 aromatic rings. The van der Waals surface area contributed by atoms with Crippen molar-refractivity contribution in [3.05, 3.63) is 106 Å². The Balaban J connectivity index is 1.37. The second kappa shape index (κ2) is 11.3. The molecule has 3 heterocycles. The number of halogens is 2. The quantitative estimate of drug-likeness (QED) is 0.274. The van der Waals surface area contributed by atoms with Crippen molar-refractivity contribution >= 4 is 11.8 Å². The summed E-state index contributed by atoms with van der Waals surface area (Å²) in [6, 6.07) is 16.6. The molecule has 8 nitrogen and oxygen atoms in total. The van der Waals surface area contributed by atoms with Gasteiger partial charge >= 0.3 is 0 Å². The fourth-order valence-corrected chi connectivity index (χ4v) is 6.07. The van der Waals surface area contributed by atoms with Gasteiger partial charge in [-0.3, -0.25) is 9.59 Å². The molecule has 1 atom stereocenters. The smallest absolute Gasteiger partial charge is 0.258 e. The van der Waals surface area contributed by atoms with E-state index in [1.807, 2.05) is 37.3 Å². The molecule has 0 spiro atoms. The van der Waals surface area contributed by atoms with E-state index in [2.05, 4.69) is 9.97 Å². The number of methoxy groups -OCH3 is 2. The number of nitrogens with zero attached hydrogens (tertiary/aromatic N) is 4. The number of carbonyl (C=O) groups is 2. The monoisotopic (exact) mass is 598 g/mol. The summed E-state index contributed by atoms with van der Waals surface area (Å²) in [7, 11) is 4.91. The van der Waals surface area contributed by atoms with E-state index in [-0.39, 0.29) is 42.7 Å². The van der Waals surface area contributed by atoms with E-state index in [4.69, 9.17) is 9.47 Å². The van der Waals surface area contributed by atoms with Gasteiger partial charge in [0.05, 0.1) is 55.2 Å². The lowest BCUT2D eigenvalue weighted by atomic mass is 9.80. The molecule has 44 heavy (non-hydrogen) atoms. The van der Waals surface area contributed by atoms with Crippen LogP contribution in [0.25, 0.3) is 11.4 Å². The van der Waals surface area contributed by atoms with Crippen LogP contribution < -0.4 is 9.47 Å². The molecule has 0 aliphatic carbocycles. The molecule has 2 aliphatic heterocycles. The van der Waals surface area contributed by atoms with Gasteiger partial charge in [-0.25, -0.2) is 18.7 Å². The summed E-state index contributed by atoms with van der Waals surface area (Å²) >= 11 is 0. The average Bonchev–Trinajstić information content (AvgIpc) is 3.48. The van der Waals surface area contributed by atoms with Crippen molar-refractivity contribution in [2.75, 3.05) is 27.8 Å². The Bertz CT molecular complexity index is 1760. The van der Waals surface area contributed by atoms with Gasteiger partial charge < -0.3 is 19.3 Å². The summed E-state index contributed by atoms with van der Waals surface area (Å²) in [6.07, 6.45) is 0.951. The summed E-state index contributed by atoms with van der Waals surface area (Å²) in [5.41, 5.74) is 2.66. The fraction of sp³-hybridized carbons (Fsp3) is 0.294. The highest BCUT2D eigenvalue weighted by Crippen LogP contribution is 2.36. The third kappa shape index (κ3) is 5.04. The molecule has 0 radical (unpaired) electrons. The number of aromatic nitrogens is 2. The van der Waals surface area contributed by atoms with Gasteiger partial charge in [0, 0.05) is 31.6 Å². The van der Waals surface area contributed by atoms with Crippen LogP contribution in [0.4, 0.5) is 8.78 Å². The van der Waals surface area contributed by atoms with Crippen molar-refractivity contribution in [3.8, 4) is 22.9 Å². The lowest BCUT2D eigenvalue weighted by Gasteiger charge is -2.22. The van der Waals surface area contributed by atoms with Crippen LogP contribution in [0.1, 0.15) is 51.8 Å². The van der Waals surface area contributed by atoms with Gasteiger partial charge in [0.25, 0.3) is 5.91 Å². The average molecular weight is 599 g/mol. The van der Waals surface area contributed by atoms with Crippen LogP contribution >= 0.6 is 0 Å². The molecule has 0 saturated carbocycles. The summed E-state index contributed by atoms with van der Waals surface area (Å²) in [6.45, 7) is 3.00. The van der Waals surface area contributed by atoms with Crippen molar-refractivity contribution in [2.24, 2.45) is 0 Å². The van der Waals surface area contributed by atoms with E-state index in [1.165, 1.54) is 6.07 Å². The first-order valence-electron chi connectivity index (χ1n) is 14.3. The zero-order valence-corrected chi connectivity index (χ0v) is 25.0. The molecule has 0 unspecified atom stereocenters. The molecule has 0 bridgehead atoms. The highest BCUT2D eigenvalue weighted by Gasteiger charge is 2.42. The summed E-state index contributed by atoms with van der Waals surface area (Å²) < 4.78 is 40.6. The van der Waals surface area contributed by atoms with E-state index in [1.54, 1.807) is 43.2 Å². The number of hydrogen-bond donors (Lipinski definition) is 0. The second-order valence-corrected chi connectivity index (χ2v) is 11.4. The van der Waals surface area contributed by atoms with E-state index in [9.17, 15) is 18.4 Å². The van der Waals surface area contributed by atoms with Crippen molar-refractivity contribution in [1.29, 1.82) is 0 Å². The van der Waals surface area contributed by atoms with Gasteiger partial charge in [-0.05, 0) is 48.7 Å². The Hall–Kier alpha value is -4.86. The molecular formula is C34H32F2N4O4. The van der Waals surface area contributed by atoms with Gasteiger partial charge in [0.2, 0.25) is 5.91 Å². The number of benzene rings is 3. The fourth-order valence-electron chi connectivity index (χ4n) is 6.07. The Morgan fingerprint density at radius 1 is 0.932 bits per heavy atom. The van der Waals surface area contributed by atoms with Gasteiger partial charge in [0.1, 0.15) is 23.1 Å². The first kappa shape index (κ1) is 29.2. The van der Waals surface area contributed by atoms with E-state index in [0.717, 1.165) is 35.2 Å². The molecule has 1 saturated heterocycles. The molecule has 226 valence electrons. The normalized spacial score (nSPS) is 17.8. The van der Waals surface area contributed by atoms with Crippen molar-refractivity contribution in [1.82, 2.24) is 19.8 Å². The molecule has 6 rings (SSSR count). The third-order valence-electron chi connectivity index (χ3n) is 8.67. The maximum atomic E-state index is 14.9. The maximum absolute atomic E-state index is 14.9. The van der Waals surface area contributed by atoms with E-state index >= 15 is 0 Å². The minimum atomic E-state index is -0.788. The van der Waals surface area contributed by atoms with Crippen molar-refractivity contribution < 1.29 is 27.8 Å². The molecule has 2 aliphatic rings. The summed E-state index contributed by atoms with van der Waals surface area (Å²) in [5.74, 6) is -0.709. The lowest BCUT2D eigenvalue weighted by molar-refractivity contribution is -0.130. The van der Waals surface area contributed by atoms with Crippen molar-refractivity contribution in [2.45, 2.75) is 38.3 Å². The van der Waals surface area contributed by atoms with Gasteiger partial charge in [-0.2, -0.15) is 0 Å². The number of likely N-dealkylation sites (N-methyl/N-ethyl adjacent to an activating group) is 1. The van der Waals surface area contributed by atoms with Crippen LogP contribution in [0.3, 0.4) is 0 Å². The maximum Gasteiger partial charge on any atom is 0.258 e. The predicted molar refractivity (Wildman–Crippen MR) is 159 cm³/mol. The number of ether oxygens (including phenoxy) is 2. The molecule has 1 fully saturated rings. The number of carbonyl (C=O) groups excluding carboxylic acids is 2. The molecule has 10 heteroatoms. The SMILES string of the molecule is COc1ccc(CN2Cc3nc(-c4c(F)cccc4F)nc(Cc4ccc([C@@]5(C)CCN(C)C5=O)cc4)c3C2=O)c(OC)c1. The number of likely N-dealkylation sites (tertiary alicyclic amines) is 1. The minimum Gasteiger partial charge on any atom is -0.497 e. The lowest BCUT2D eigenvalue weighted by Crippen LogP contribution is -2.33. The predicted octanol–water partition coefficient (Wildman–Crippen LogP) is 5.31. The zero-order valence-electron chi connectivity index (χ0n) is 25.0. The van der Waals surface area contributed by atoms with E-state index in [0.29, 0.717) is 35.0 Å². The Morgan fingerprint density at radius 3 is 2.30 bits per heavy atom. The van der Waals surface area contributed by atoms with Crippen LogP contribution in [0.5, 0.6) is 11.5 Å². The molecule has 1 aromatic heterocycles. The molecule has 2 amide bonds. The number of amides is 2.